The molecule has 0 radical (unpaired) electrons. The highest BCUT2D eigenvalue weighted by atomic mass is 16.5. The Morgan fingerprint density at radius 3 is 2.90 bits per heavy atom. The van der Waals surface area contributed by atoms with Gasteiger partial charge in [-0.2, -0.15) is 0 Å². The van der Waals surface area contributed by atoms with Crippen LogP contribution < -0.4 is 10.5 Å². The third-order valence-corrected chi connectivity index (χ3v) is 6.09. The van der Waals surface area contributed by atoms with Crippen molar-refractivity contribution in [1.82, 2.24) is 4.90 Å². The molecule has 1 aromatic rings. The first-order valence-electron chi connectivity index (χ1n) is 8.29. The molecule has 4 rings (SSSR count). The lowest BCUT2D eigenvalue weighted by Gasteiger charge is -2.54. The minimum Gasteiger partial charge on any atom is -0.497 e. The Balaban J connectivity index is 1.70. The van der Waals surface area contributed by atoms with E-state index in [1.807, 2.05) is 0 Å². The second-order valence-electron chi connectivity index (χ2n) is 7.43. The van der Waals surface area contributed by atoms with Crippen molar-refractivity contribution >= 4 is 0 Å². The van der Waals surface area contributed by atoms with Crippen LogP contribution in [0.25, 0.3) is 0 Å². The molecule has 2 fully saturated rings. The third-order valence-electron chi connectivity index (χ3n) is 6.09. The summed E-state index contributed by atoms with van der Waals surface area (Å²) in [6, 6.07) is 7.34. The number of hydrogen-bond donors (Lipinski definition) is 1. The zero-order valence-electron chi connectivity index (χ0n) is 13.1. The van der Waals surface area contributed by atoms with Gasteiger partial charge in [0.15, 0.2) is 0 Å². The summed E-state index contributed by atoms with van der Waals surface area (Å²) >= 11 is 0. The topological polar surface area (TPSA) is 38.5 Å². The van der Waals surface area contributed by atoms with Crippen LogP contribution >= 0.6 is 0 Å². The maximum Gasteiger partial charge on any atom is 0.119 e. The summed E-state index contributed by atoms with van der Waals surface area (Å²) in [6.07, 6.45) is 5.10. The van der Waals surface area contributed by atoms with E-state index in [-0.39, 0.29) is 11.5 Å². The van der Waals surface area contributed by atoms with Gasteiger partial charge in [0.2, 0.25) is 0 Å². The smallest absolute Gasteiger partial charge is 0.119 e. The summed E-state index contributed by atoms with van der Waals surface area (Å²) in [7, 11) is 1.74. The van der Waals surface area contributed by atoms with Crippen molar-refractivity contribution in [2.75, 3.05) is 20.2 Å². The summed E-state index contributed by atoms with van der Waals surface area (Å²) in [5.41, 5.74) is 9.74. The largest absolute Gasteiger partial charge is 0.497 e. The zero-order chi connectivity index (χ0) is 14.6. The van der Waals surface area contributed by atoms with E-state index in [1.165, 1.54) is 37.1 Å². The molecule has 3 aliphatic rings. The van der Waals surface area contributed by atoms with E-state index in [9.17, 15) is 0 Å². The molecule has 0 amide bonds. The molecular formula is C18H26N2O. The first-order valence-corrected chi connectivity index (χ1v) is 8.29. The monoisotopic (exact) mass is 286 g/mol. The number of nitrogens with two attached hydrogens (primary N) is 1. The Morgan fingerprint density at radius 2 is 2.19 bits per heavy atom. The molecule has 21 heavy (non-hydrogen) atoms. The first kappa shape index (κ1) is 13.6. The lowest BCUT2D eigenvalue weighted by Crippen LogP contribution is -2.65. The van der Waals surface area contributed by atoms with Gasteiger partial charge in [-0.05, 0) is 61.4 Å². The van der Waals surface area contributed by atoms with Gasteiger partial charge < -0.3 is 10.5 Å². The van der Waals surface area contributed by atoms with Crippen LogP contribution in [0.2, 0.25) is 0 Å². The Hall–Kier alpha value is -1.06. The van der Waals surface area contributed by atoms with Crippen LogP contribution in [0.15, 0.2) is 18.2 Å². The molecule has 1 aliphatic heterocycles. The second-order valence-corrected chi connectivity index (χ2v) is 7.43. The van der Waals surface area contributed by atoms with Crippen LogP contribution in [0.4, 0.5) is 0 Å². The molecule has 1 heterocycles. The minimum atomic E-state index is 0.104. The molecular weight excluding hydrogens is 260 g/mol. The molecule has 2 N–H and O–H groups in total. The summed E-state index contributed by atoms with van der Waals surface area (Å²) < 4.78 is 5.43. The van der Waals surface area contributed by atoms with Crippen molar-refractivity contribution in [2.45, 2.75) is 50.1 Å². The zero-order valence-corrected chi connectivity index (χ0v) is 13.1. The lowest BCUT2D eigenvalue weighted by molar-refractivity contribution is 0.0601. The molecule has 2 aliphatic carbocycles. The number of benzene rings is 1. The number of rotatable bonds is 3. The fourth-order valence-corrected chi connectivity index (χ4v) is 4.41. The fourth-order valence-electron chi connectivity index (χ4n) is 4.41. The van der Waals surface area contributed by atoms with Gasteiger partial charge in [-0.15, -0.1) is 0 Å². The van der Waals surface area contributed by atoms with E-state index < -0.39 is 0 Å². The molecule has 114 valence electrons. The lowest BCUT2D eigenvalue weighted by atomic mass is 9.62. The molecule has 2 bridgehead atoms. The Bertz CT molecular complexity index is 554. The molecule has 1 saturated carbocycles. The number of hydrogen-bond acceptors (Lipinski definition) is 3. The van der Waals surface area contributed by atoms with Crippen molar-refractivity contribution in [2.24, 2.45) is 11.7 Å². The quantitative estimate of drug-likeness (QED) is 0.927. The maximum absolute atomic E-state index is 6.73. The summed E-state index contributed by atoms with van der Waals surface area (Å²) in [6.45, 7) is 4.82. The van der Waals surface area contributed by atoms with Crippen molar-refractivity contribution < 1.29 is 4.74 Å². The third kappa shape index (κ3) is 2.09. The summed E-state index contributed by atoms with van der Waals surface area (Å²) in [4.78, 5) is 2.68. The van der Waals surface area contributed by atoms with Gasteiger partial charge in [0.1, 0.15) is 5.75 Å². The standard InChI is InChI=1S/C18H26N2O/c1-18-7-8-20(11-12-3-4-12)16(17(18)19)9-13-5-6-14(21-2)10-15(13)18/h5-6,10,12,16-17H,3-4,7-9,11,19H2,1-2H3/t16-,17-,18-/m1/s1. The molecule has 1 aromatic carbocycles. The van der Waals surface area contributed by atoms with Crippen LogP contribution in [-0.4, -0.2) is 37.2 Å². The van der Waals surface area contributed by atoms with Gasteiger partial charge in [0.05, 0.1) is 7.11 Å². The predicted octanol–water partition coefficient (Wildman–Crippen LogP) is 2.32. The van der Waals surface area contributed by atoms with E-state index in [1.54, 1.807) is 7.11 Å². The minimum absolute atomic E-state index is 0.104. The number of likely N-dealkylation sites (tertiary alicyclic amines) is 1. The number of nitrogens with zero attached hydrogens (tertiary/aromatic N) is 1. The average molecular weight is 286 g/mol. The predicted molar refractivity (Wildman–Crippen MR) is 84.7 cm³/mol. The van der Waals surface area contributed by atoms with Crippen LogP contribution in [0.1, 0.15) is 37.3 Å². The second kappa shape index (κ2) is 4.72. The van der Waals surface area contributed by atoms with Crippen LogP contribution in [0, 0.1) is 5.92 Å². The molecule has 0 unspecified atom stereocenters. The fraction of sp³-hybridized carbons (Fsp3) is 0.667. The van der Waals surface area contributed by atoms with E-state index in [4.69, 9.17) is 10.5 Å². The SMILES string of the molecule is COc1ccc2c(c1)[C@@]1(C)CCN(CC3CC3)[C@H](C2)[C@H]1N. The van der Waals surface area contributed by atoms with Crippen molar-refractivity contribution in [3.05, 3.63) is 29.3 Å². The first-order chi connectivity index (χ1) is 10.1. The highest BCUT2D eigenvalue weighted by molar-refractivity contribution is 5.45. The van der Waals surface area contributed by atoms with E-state index in [0.29, 0.717) is 6.04 Å². The van der Waals surface area contributed by atoms with Gasteiger partial charge in [-0.1, -0.05) is 13.0 Å². The van der Waals surface area contributed by atoms with Crippen LogP contribution in [0.3, 0.4) is 0 Å². The number of methoxy groups -OCH3 is 1. The molecule has 1 saturated heterocycles. The molecule has 0 spiro atoms. The van der Waals surface area contributed by atoms with E-state index in [0.717, 1.165) is 24.5 Å². The van der Waals surface area contributed by atoms with Crippen LogP contribution in [-0.2, 0) is 11.8 Å². The number of ether oxygens (including phenoxy) is 1. The summed E-state index contributed by atoms with van der Waals surface area (Å²) in [5.74, 6) is 1.90. The Kier molecular flexibility index (Phi) is 3.05. The van der Waals surface area contributed by atoms with Gasteiger partial charge in [-0.3, -0.25) is 4.90 Å². The molecule has 3 heteroatoms. The van der Waals surface area contributed by atoms with Crippen LogP contribution in [0.5, 0.6) is 5.75 Å². The number of fused-ring (bicyclic) bond motifs is 4. The van der Waals surface area contributed by atoms with Crippen molar-refractivity contribution in [3.63, 3.8) is 0 Å². The normalized spacial score (nSPS) is 35.4. The van der Waals surface area contributed by atoms with E-state index in [2.05, 4.69) is 30.0 Å². The Morgan fingerprint density at radius 1 is 1.38 bits per heavy atom. The van der Waals surface area contributed by atoms with Gasteiger partial charge in [0.25, 0.3) is 0 Å². The maximum atomic E-state index is 6.73. The van der Waals surface area contributed by atoms with Gasteiger partial charge in [-0.25, -0.2) is 0 Å². The molecule has 0 aromatic heterocycles. The highest BCUT2D eigenvalue weighted by Crippen LogP contribution is 2.46. The average Bonchev–Trinajstić information content (AvgIpc) is 3.30. The van der Waals surface area contributed by atoms with Crippen molar-refractivity contribution in [3.8, 4) is 5.75 Å². The molecule has 3 atom stereocenters. The van der Waals surface area contributed by atoms with Gasteiger partial charge >= 0.3 is 0 Å². The number of piperidine rings is 1. The van der Waals surface area contributed by atoms with Crippen molar-refractivity contribution in [1.29, 1.82) is 0 Å². The summed E-state index contributed by atoms with van der Waals surface area (Å²) in [5, 5.41) is 0. The van der Waals surface area contributed by atoms with Gasteiger partial charge in [0, 0.05) is 24.0 Å². The van der Waals surface area contributed by atoms with E-state index >= 15 is 0 Å². The highest BCUT2D eigenvalue weighted by Gasteiger charge is 2.49. The Labute approximate surface area is 127 Å². The molecule has 3 nitrogen and oxygen atoms in total.